The third-order valence-electron chi connectivity index (χ3n) is 4.87. The van der Waals surface area contributed by atoms with E-state index < -0.39 is 11.4 Å². The van der Waals surface area contributed by atoms with Crippen LogP contribution in [-0.4, -0.2) is 41.1 Å². The molecular weight excluding hydrogens is 286 g/mol. The maximum Gasteiger partial charge on any atom is 0.181 e. The highest BCUT2D eigenvalue weighted by molar-refractivity contribution is 5.10. The first-order valence-electron chi connectivity index (χ1n) is 7.77. The quantitative estimate of drug-likeness (QED) is 0.827. The van der Waals surface area contributed by atoms with Gasteiger partial charge in [0, 0.05) is 24.5 Å². The van der Waals surface area contributed by atoms with Gasteiger partial charge in [-0.2, -0.15) is 0 Å². The molecule has 3 aliphatic heterocycles. The van der Waals surface area contributed by atoms with Crippen molar-refractivity contribution in [2.45, 2.75) is 63.1 Å². The van der Waals surface area contributed by atoms with E-state index in [-0.39, 0.29) is 30.0 Å². The first-order chi connectivity index (χ1) is 10.4. The molecule has 0 aliphatic carbocycles. The minimum Gasteiger partial charge on any atom is -0.347 e. The second kappa shape index (κ2) is 4.64. The molecular formula is C16H21NO5. The van der Waals surface area contributed by atoms with E-state index in [1.807, 2.05) is 18.4 Å². The average molecular weight is 307 g/mol. The van der Waals surface area contributed by atoms with Gasteiger partial charge in [-0.1, -0.05) is 6.92 Å². The Balaban J connectivity index is 1.76. The Morgan fingerprint density at radius 2 is 1.95 bits per heavy atom. The lowest BCUT2D eigenvalue weighted by Gasteiger charge is -2.42. The number of rotatable bonds is 2. The Morgan fingerprint density at radius 3 is 2.64 bits per heavy atom. The molecule has 0 saturated carbocycles. The van der Waals surface area contributed by atoms with Crippen molar-refractivity contribution in [3.8, 4) is 0 Å². The summed E-state index contributed by atoms with van der Waals surface area (Å²) in [5, 5.41) is 0. The normalized spacial score (nSPS) is 42.3. The Morgan fingerprint density at radius 1 is 1.23 bits per heavy atom. The molecule has 0 aromatic carbocycles. The van der Waals surface area contributed by atoms with Crippen LogP contribution in [-0.2, 0) is 18.9 Å². The van der Waals surface area contributed by atoms with Crippen LogP contribution in [0.4, 0.5) is 0 Å². The molecule has 2 unspecified atom stereocenters. The minimum absolute atomic E-state index is 0.0244. The summed E-state index contributed by atoms with van der Waals surface area (Å²) in [4.78, 5) is 11.4. The van der Waals surface area contributed by atoms with Crippen LogP contribution in [0.3, 0.4) is 0 Å². The number of hydrogen-bond acceptors (Lipinski definition) is 5. The smallest absolute Gasteiger partial charge is 0.181 e. The van der Waals surface area contributed by atoms with Gasteiger partial charge in [-0.25, -0.2) is 0 Å². The molecule has 3 saturated heterocycles. The third kappa shape index (κ3) is 1.98. The summed E-state index contributed by atoms with van der Waals surface area (Å²) < 4.78 is 26.4. The van der Waals surface area contributed by atoms with Crippen molar-refractivity contribution in [1.29, 1.82) is 0 Å². The zero-order valence-corrected chi connectivity index (χ0v) is 13.0. The highest BCUT2D eigenvalue weighted by Gasteiger charge is 2.65. The number of aromatic nitrogens is 1. The number of nitrogens with zero attached hydrogens (tertiary/aromatic N) is 1. The van der Waals surface area contributed by atoms with Gasteiger partial charge in [-0.15, -0.1) is 0 Å². The molecule has 4 heterocycles. The summed E-state index contributed by atoms with van der Waals surface area (Å²) in [6.07, 6.45) is 3.57. The Labute approximate surface area is 128 Å². The monoisotopic (exact) mass is 307 g/mol. The summed E-state index contributed by atoms with van der Waals surface area (Å²) in [5.41, 5.74) is -0.470. The molecule has 0 N–H and O–H groups in total. The molecule has 1 aromatic rings. The predicted octanol–water partition coefficient (Wildman–Crippen LogP) is 1.44. The molecule has 3 aliphatic rings. The molecule has 5 atom stereocenters. The van der Waals surface area contributed by atoms with Crippen molar-refractivity contribution in [2.24, 2.45) is 0 Å². The Kier molecular flexibility index (Phi) is 3.04. The van der Waals surface area contributed by atoms with Crippen molar-refractivity contribution < 1.29 is 18.9 Å². The number of hydrogen-bond donors (Lipinski definition) is 0. The first-order valence-corrected chi connectivity index (χ1v) is 7.77. The molecule has 0 amide bonds. The van der Waals surface area contributed by atoms with Crippen LogP contribution < -0.4 is 5.43 Å². The van der Waals surface area contributed by atoms with Crippen molar-refractivity contribution in [2.75, 3.05) is 6.61 Å². The maximum atomic E-state index is 11.4. The second-order valence-electron chi connectivity index (χ2n) is 6.71. The molecule has 6 heteroatoms. The predicted molar refractivity (Wildman–Crippen MR) is 77.4 cm³/mol. The van der Waals surface area contributed by atoms with E-state index in [0.717, 1.165) is 6.42 Å². The lowest BCUT2D eigenvalue weighted by Crippen LogP contribution is -2.57. The summed E-state index contributed by atoms with van der Waals surface area (Å²) in [6, 6.07) is 2.90. The first kappa shape index (κ1) is 14.4. The van der Waals surface area contributed by atoms with Gasteiger partial charge in [0.2, 0.25) is 0 Å². The van der Waals surface area contributed by atoms with Crippen LogP contribution in [0, 0.1) is 0 Å². The van der Waals surface area contributed by atoms with Gasteiger partial charge >= 0.3 is 0 Å². The van der Waals surface area contributed by atoms with E-state index in [9.17, 15) is 4.79 Å². The van der Waals surface area contributed by atoms with Crippen LogP contribution >= 0.6 is 0 Å². The molecule has 22 heavy (non-hydrogen) atoms. The molecule has 0 spiro atoms. The van der Waals surface area contributed by atoms with E-state index in [2.05, 4.69) is 6.92 Å². The second-order valence-corrected chi connectivity index (χ2v) is 6.71. The van der Waals surface area contributed by atoms with E-state index in [0.29, 0.717) is 6.61 Å². The standard InChI is InChI=1S/C16H21NO5/c1-4-16-9-19-14(22-16)11(17-7-5-10(18)6-8-17)12-13(16)21-15(2,3)20-12/h5-8,11-14H,4,9H2,1-3H3/t11-,12?,13-,14?,16+/m1/s1. The van der Waals surface area contributed by atoms with Crippen LogP contribution in [0.2, 0.25) is 0 Å². The van der Waals surface area contributed by atoms with E-state index in [1.165, 1.54) is 12.1 Å². The zero-order chi connectivity index (χ0) is 15.5. The summed E-state index contributed by atoms with van der Waals surface area (Å²) in [7, 11) is 0. The lowest BCUT2D eigenvalue weighted by atomic mass is 9.86. The van der Waals surface area contributed by atoms with Crippen molar-refractivity contribution in [1.82, 2.24) is 4.57 Å². The largest absolute Gasteiger partial charge is 0.347 e. The molecule has 0 radical (unpaired) electrons. The fraction of sp³-hybridized carbons (Fsp3) is 0.688. The molecule has 3 fully saturated rings. The summed E-state index contributed by atoms with van der Waals surface area (Å²) in [5.74, 6) is -0.650. The summed E-state index contributed by atoms with van der Waals surface area (Å²) in [6.45, 7) is 6.43. The molecule has 2 bridgehead atoms. The van der Waals surface area contributed by atoms with E-state index >= 15 is 0 Å². The van der Waals surface area contributed by atoms with Crippen molar-refractivity contribution in [3.05, 3.63) is 34.7 Å². The maximum absolute atomic E-state index is 11.4. The van der Waals surface area contributed by atoms with Gasteiger partial charge in [-0.05, 0) is 20.3 Å². The average Bonchev–Trinajstić information content (AvgIpc) is 3.02. The number of pyridine rings is 1. The van der Waals surface area contributed by atoms with E-state index in [4.69, 9.17) is 18.9 Å². The number of ether oxygens (including phenoxy) is 4. The van der Waals surface area contributed by atoms with Gasteiger partial charge in [0.1, 0.15) is 23.9 Å². The van der Waals surface area contributed by atoms with Crippen LogP contribution in [0.15, 0.2) is 29.3 Å². The lowest BCUT2D eigenvalue weighted by molar-refractivity contribution is -0.205. The molecule has 6 nitrogen and oxygen atoms in total. The van der Waals surface area contributed by atoms with Gasteiger partial charge in [0.15, 0.2) is 17.5 Å². The SMILES string of the molecule is CC[C@@]12COC(O1)[C@H](n1ccc(=O)cc1)C1OC(C)(C)O[C@H]12. The summed E-state index contributed by atoms with van der Waals surface area (Å²) >= 11 is 0. The highest BCUT2D eigenvalue weighted by atomic mass is 16.8. The Hall–Kier alpha value is -1.21. The zero-order valence-electron chi connectivity index (χ0n) is 13.0. The van der Waals surface area contributed by atoms with Gasteiger partial charge in [0.05, 0.1) is 6.61 Å². The van der Waals surface area contributed by atoms with Gasteiger partial charge < -0.3 is 23.5 Å². The molecule has 1 aromatic heterocycles. The fourth-order valence-electron chi connectivity index (χ4n) is 3.76. The van der Waals surface area contributed by atoms with Crippen LogP contribution in [0.5, 0.6) is 0 Å². The molecule has 4 rings (SSSR count). The Bertz CT molecular complexity index is 621. The topological polar surface area (TPSA) is 58.9 Å². The van der Waals surface area contributed by atoms with Gasteiger partial charge in [0.25, 0.3) is 0 Å². The van der Waals surface area contributed by atoms with Crippen LogP contribution in [0.1, 0.15) is 33.2 Å². The van der Waals surface area contributed by atoms with Crippen molar-refractivity contribution in [3.63, 3.8) is 0 Å². The fourth-order valence-corrected chi connectivity index (χ4v) is 3.76. The molecule has 120 valence electrons. The highest BCUT2D eigenvalue weighted by Crippen LogP contribution is 2.51. The van der Waals surface area contributed by atoms with Crippen molar-refractivity contribution >= 4 is 0 Å². The third-order valence-corrected chi connectivity index (χ3v) is 4.87. The number of fused-ring (bicyclic) bond motifs is 4. The van der Waals surface area contributed by atoms with Gasteiger partial charge in [-0.3, -0.25) is 4.79 Å². The van der Waals surface area contributed by atoms with E-state index in [1.54, 1.807) is 12.4 Å². The van der Waals surface area contributed by atoms with Crippen LogP contribution in [0.25, 0.3) is 0 Å². The minimum atomic E-state index is -0.650.